The van der Waals surface area contributed by atoms with Gasteiger partial charge in [-0.25, -0.2) is 4.57 Å². The summed E-state index contributed by atoms with van der Waals surface area (Å²) in [6, 6.07) is 3.54. The van der Waals surface area contributed by atoms with Crippen LogP contribution in [0.4, 0.5) is 0 Å². The van der Waals surface area contributed by atoms with E-state index < -0.39 is 0 Å². The van der Waals surface area contributed by atoms with Crippen molar-refractivity contribution in [3.05, 3.63) is 30.1 Å². The molecule has 1 rings (SSSR count). The Labute approximate surface area is 76.9 Å². The second-order valence-electron chi connectivity index (χ2n) is 1.91. The van der Waals surface area contributed by atoms with Gasteiger partial charge in [-0.1, -0.05) is 0 Å². The summed E-state index contributed by atoms with van der Waals surface area (Å²) >= 11 is 0. The standard InChI is InChI=1S/C7H8NO.HI/c1-8-4-2-7(6-9)3-5-8;/h2-6H,1H3;1H/q+1;/p-1. The second-order valence-corrected chi connectivity index (χ2v) is 1.91. The fourth-order valence-corrected chi connectivity index (χ4v) is 0.591. The van der Waals surface area contributed by atoms with Crippen LogP contribution in [0.15, 0.2) is 24.5 Å². The van der Waals surface area contributed by atoms with Crippen molar-refractivity contribution in [1.82, 2.24) is 0 Å². The molecule has 0 unspecified atom stereocenters. The van der Waals surface area contributed by atoms with E-state index in [1.807, 2.05) is 24.0 Å². The molecule has 0 aliphatic rings. The van der Waals surface area contributed by atoms with E-state index in [-0.39, 0.29) is 24.0 Å². The molecule has 1 heterocycles. The number of hydrogen-bond donors (Lipinski definition) is 0. The minimum absolute atomic E-state index is 0. The monoisotopic (exact) mass is 249 g/mol. The van der Waals surface area contributed by atoms with Gasteiger partial charge in [0.05, 0.1) is 0 Å². The van der Waals surface area contributed by atoms with E-state index in [0.29, 0.717) is 5.56 Å². The summed E-state index contributed by atoms with van der Waals surface area (Å²) in [7, 11) is 1.91. The molecule has 0 fully saturated rings. The van der Waals surface area contributed by atoms with Crippen LogP contribution in [0.5, 0.6) is 0 Å². The number of aromatic nitrogens is 1. The van der Waals surface area contributed by atoms with Crippen LogP contribution >= 0.6 is 0 Å². The first kappa shape index (κ1) is 9.55. The lowest BCUT2D eigenvalue weighted by Gasteiger charge is -1.84. The maximum Gasteiger partial charge on any atom is 0.169 e. The van der Waals surface area contributed by atoms with E-state index in [1.54, 1.807) is 12.1 Å². The van der Waals surface area contributed by atoms with Crippen molar-refractivity contribution in [1.29, 1.82) is 0 Å². The number of aryl methyl sites for hydroxylation is 1. The SMILES string of the molecule is C[n+]1ccc(C=O)cc1.[I-]. The Morgan fingerprint density at radius 1 is 1.40 bits per heavy atom. The molecule has 3 heteroatoms. The van der Waals surface area contributed by atoms with Gasteiger partial charge >= 0.3 is 0 Å². The lowest BCUT2D eigenvalue weighted by atomic mass is 10.3. The molecular weight excluding hydrogens is 241 g/mol. The summed E-state index contributed by atoms with van der Waals surface area (Å²) in [5.41, 5.74) is 0.716. The highest BCUT2D eigenvalue weighted by Gasteiger charge is 1.90. The number of nitrogens with zero attached hydrogens (tertiary/aromatic N) is 1. The van der Waals surface area contributed by atoms with E-state index in [1.165, 1.54) is 0 Å². The molecular formula is C7H8INO. The summed E-state index contributed by atoms with van der Waals surface area (Å²) in [5, 5.41) is 0. The average Bonchev–Trinajstić information content (AvgIpc) is 1.90. The summed E-state index contributed by atoms with van der Waals surface area (Å²) in [4.78, 5) is 10.1. The van der Waals surface area contributed by atoms with Crippen LogP contribution in [-0.4, -0.2) is 6.29 Å². The van der Waals surface area contributed by atoms with Crippen molar-refractivity contribution in [2.45, 2.75) is 0 Å². The van der Waals surface area contributed by atoms with Gasteiger partial charge in [0, 0.05) is 17.7 Å². The molecule has 2 nitrogen and oxygen atoms in total. The molecule has 0 amide bonds. The van der Waals surface area contributed by atoms with Crippen LogP contribution in [0.1, 0.15) is 10.4 Å². The summed E-state index contributed by atoms with van der Waals surface area (Å²) in [6.07, 6.45) is 4.51. The Kier molecular flexibility index (Phi) is 4.18. The van der Waals surface area contributed by atoms with Crippen LogP contribution in [-0.2, 0) is 7.05 Å². The molecule has 0 bridgehead atoms. The van der Waals surface area contributed by atoms with Crippen LogP contribution in [0, 0.1) is 0 Å². The zero-order chi connectivity index (χ0) is 6.69. The van der Waals surface area contributed by atoms with Gasteiger partial charge in [0.1, 0.15) is 7.05 Å². The number of pyridine rings is 1. The number of carbonyl (C=O) groups is 1. The van der Waals surface area contributed by atoms with Gasteiger partial charge in [-0.05, 0) is 0 Å². The molecule has 10 heavy (non-hydrogen) atoms. The highest BCUT2D eigenvalue weighted by atomic mass is 127. The third kappa shape index (κ3) is 2.43. The topological polar surface area (TPSA) is 20.9 Å². The quantitative estimate of drug-likeness (QED) is 0.302. The van der Waals surface area contributed by atoms with Crippen LogP contribution in [0.2, 0.25) is 0 Å². The fourth-order valence-electron chi connectivity index (χ4n) is 0.591. The minimum atomic E-state index is 0. The van der Waals surface area contributed by atoms with Crippen molar-refractivity contribution < 1.29 is 33.3 Å². The van der Waals surface area contributed by atoms with E-state index >= 15 is 0 Å². The predicted molar refractivity (Wildman–Crippen MR) is 33.0 cm³/mol. The smallest absolute Gasteiger partial charge is 0.169 e. The zero-order valence-electron chi connectivity index (χ0n) is 5.62. The largest absolute Gasteiger partial charge is 1.00 e. The Hall–Kier alpha value is -0.450. The molecule has 0 saturated carbocycles. The van der Waals surface area contributed by atoms with E-state index in [2.05, 4.69) is 0 Å². The Morgan fingerprint density at radius 3 is 2.30 bits per heavy atom. The Bertz CT molecular complexity index is 207. The number of halogens is 1. The zero-order valence-corrected chi connectivity index (χ0v) is 7.78. The van der Waals surface area contributed by atoms with Gasteiger partial charge in [0.2, 0.25) is 0 Å². The Balaban J connectivity index is 0.000000810. The average molecular weight is 249 g/mol. The predicted octanol–water partition coefficient (Wildman–Crippen LogP) is -2.67. The molecule has 1 aromatic rings. The summed E-state index contributed by atoms with van der Waals surface area (Å²) < 4.78 is 1.88. The molecule has 0 saturated heterocycles. The number of aldehydes is 1. The van der Waals surface area contributed by atoms with E-state index in [0.717, 1.165) is 6.29 Å². The van der Waals surface area contributed by atoms with Crippen molar-refractivity contribution in [3.8, 4) is 0 Å². The highest BCUT2D eigenvalue weighted by molar-refractivity contribution is 5.73. The number of carbonyl (C=O) groups excluding carboxylic acids is 1. The van der Waals surface area contributed by atoms with Gasteiger partial charge in [-0.3, -0.25) is 4.79 Å². The van der Waals surface area contributed by atoms with Crippen LogP contribution in [0.3, 0.4) is 0 Å². The highest BCUT2D eigenvalue weighted by Crippen LogP contribution is 1.86. The molecule has 0 N–H and O–H groups in total. The maximum atomic E-state index is 10.1. The third-order valence-electron chi connectivity index (χ3n) is 1.14. The molecule has 0 radical (unpaired) electrons. The van der Waals surface area contributed by atoms with Crippen LogP contribution in [0.25, 0.3) is 0 Å². The minimum Gasteiger partial charge on any atom is -1.00 e. The Morgan fingerprint density at radius 2 is 1.90 bits per heavy atom. The lowest BCUT2D eigenvalue weighted by molar-refractivity contribution is -0.671. The van der Waals surface area contributed by atoms with Gasteiger partial charge < -0.3 is 24.0 Å². The first-order valence-electron chi connectivity index (χ1n) is 2.73. The van der Waals surface area contributed by atoms with Gasteiger partial charge in [0.15, 0.2) is 18.7 Å². The third-order valence-corrected chi connectivity index (χ3v) is 1.14. The maximum absolute atomic E-state index is 10.1. The molecule has 0 aliphatic carbocycles. The summed E-state index contributed by atoms with van der Waals surface area (Å²) in [6.45, 7) is 0. The molecule has 0 aromatic carbocycles. The molecule has 0 atom stereocenters. The molecule has 1 aromatic heterocycles. The van der Waals surface area contributed by atoms with E-state index in [4.69, 9.17) is 0 Å². The first-order valence-corrected chi connectivity index (χ1v) is 2.73. The van der Waals surface area contributed by atoms with Crippen molar-refractivity contribution >= 4 is 6.29 Å². The molecule has 0 aliphatic heterocycles. The molecule has 54 valence electrons. The van der Waals surface area contributed by atoms with Gasteiger partial charge in [-0.15, -0.1) is 0 Å². The van der Waals surface area contributed by atoms with E-state index in [9.17, 15) is 4.79 Å². The van der Waals surface area contributed by atoms with Crippen LogP contribution < -0.4 is 28.5 Å². The normalized spacial score (nSPS) is 8.10. The van der Waals surface area contributed by atoms with Gasteiger partial charge in [0.25, 0.3) is 0 Å². The van der Waals surface area contributed by atoms with Crippen molar-refractivity contribution in [2.75, 3.05) is 0 Å². The van der Waals surface area contributed by atoms with Crippen molar-refractivity contribution in [2.24, 2.45) is 7.05 Å². The van der Waals surface area contributed by atoms with Crippen molar-refractivity contribution in [3.63, 3.8) is 0 Å². The second kappa shape index (κ2) is 4.38. The summed E-state index contributed by atoms with van der Waals surface area (Å²) in [5.74, 6) is 0. The number of hydrogen-bond acceptors (Lipinski definition) is 1. The molecule has 0 spiro atoms. The lowest BCUT2D eigenvalue weighted by Crippen LogP contribution is -3.00. The fraction of sp³-hybridized carbons (Fsp3) is 0.143. The van der Waals surface area contributed by atoms with Gasteiger partial charge in [-0.2, -0.15) is 0 Å². The first-order chi connectivity index (χ1) is 4.33. The number of rotatable bonds is 1.